The highest BCUT2D eigenvalue weighted by atomic mass is 16.6. The Morgan fingerprint density at radius 3 is 2.61 bits per heavy atom. The van der Waals surface area contributed by atoms with Crippen LogP contribution in [0.5, 0.6) is 5.75 Å². The highest BCUT2D eigenvalue weighted by Gasteiger charge is 2.49. The highest BCUT2D eigenvalue weighted by Crippen LogP contribution is 2.43. The third-order valence-corrected chi connectivity index (χ3v) is 9.54. The topological polar surface area (TPSA) is 125 Å². The number of nitrogens with zero attached hydrogens (tertiary/aromatic N) is 3. The lowest BCUT2D eigenvalue weighted by Gasteiger charge is -2.36. The standard InChI is InChI=1S/C32H48N4O5/c1-6-22-25(20-37)36-19-27(22)40-26-18-34-28(14-16-33)35-24(26)13-9-7-8-11-21-12-10-15-32(21,5)41-29(38)17-23(30(36)39)31(2,3)4/h14,16,18,20-23,25,27H,6-13,15,17,19,33H2,1-5H3/t21-,22+,23-,25-,27+,32-/m1/s1. The number of amides is 1. The van der Waals surface area contributed by atoms with Gasteiger partial charge in [-0.1, -0.05) is 40.5 Å². The van der Waals surface area contributed by atoms with E-state index in [9.17, 15) is 14.4 Å². The molecule has 0 radical (unpaired) electrons. The Morgan fingerprint density at radius 2 is 1.93 bits per heavy atom. The number of nitrogens with two attached hydrogens (primary N) is 1. The molecule has 6 atom stereocenters. The first-order valence-electron chi connectivity index (χ1n) is 15.4. The van der Waals surface area contributed by atoms with Gasteiger partial charge < -0.3 is 24.9 Å². The molecule has 1 aromatic heterocycles. The molecule has 0 unspecified atom stereocenters. The van der Waals surface area contributed by atoms with E-state index in [1.54, 1.807) is 17.2 Å². The third kappa shape index (κ3) is 6.92. The van der Waals surface area contributed by atoms with Crippen LogP contribution in [0.4, 0.5) is 0 Å². The predicted octanol–water partition coefficient (Wildman–Crippen LogP) is 4.86. The molecule has 9 nitrogen and oxygen atoms in total. The summed E-state index contributed by atoms with van der Waals surface area (Å²) < 4.78 is 12.7. The van der Waals surface area contributed by atoms with Crippen molar-refractivity contribution < 1.29 is 23.9 Å². The fourth-order valence-electron chi connectivity index (χ4n) is 7.06. The summed E-state index contributed by atoms with van der Waals surface area (Å²) in [5.74, 6) is 0.0566. The van der Waals surface area contributed by atoms with E-state index in [2.05, 4.69) is 11.9 Å². The van der Waals surface area contributed by atoms with E-state index in [1.807, 2.05) is 27.7 Å². The molecule has 0 aromatic carbocycles. The zero-order valence-corrected chi connectivity index (χ0v) is 25.4. The average Bonchev–Trinajstić information content (AvgIpc) is 3.46. The lowest BCUT2D eigenvalue weighted by Crippen LogP contribution is -2.47. The molecule has 41 heavy (non-hydrogen) atoms. The Hall–Kier alpha value is -2.97. The van der Waals surface area contributed by atoms with Crippen LogP contribution in [0, 0.1) is 23.2 Å². The molecule has 2 fully saturated rings. The van der Waals surface area contributed by atoms with Gasteiger partial charge >= 0.3 is 5.97 Å². The monoisotopic (exact) mass is 568 g/mol. The molecule has 9 heteroatoms. The van der Waals surface area contributed by atoms with Crippen molar-refractivity contribution in [1.82, 2.24) is 14.9 Å². The fourth-order valence-corrected chi connectivity index (χ4v) is 7.06. The number of rotatable bonds is 3. The molecule has 3 aliphatic rings. The van der Waals surface area contributed by atoms with Crippen LogP contribution in [-0.2, 0) is 25.5 Å². The minimum atomic E-state index is -0.638. The summed E-state index contributed by atoms with van der Waals surface area (Å²) in [5, 5.41) is 0. The van der Waals surface area contributed by atoms with E-state index in [-0.39, 0.29) is 30.8 Å². The van der Waals surface area contributed by atoms with Crippen LogP contribution in [0.3, 0.4) is 0 Å². The number of aromatic nitrogens is 2. The molecule has 3 heterocycles. The quantitative estimate of drug-likeness (QED) is 0.405. The van der Waals surface area contributed by atoms with Gasteiger partial charge in [-0.3, -0.25) is 9.59 Å². The maximum absolute atomic E-state index is 14.1. The summed E-state index contributed by atoms with van der Waals surface area (Å²) in [4.78, 5) is 50.8. The van der Waals surface area contributed by atoms with Gasteiger partial charge in [0.2, 0.25) is 5.91 Å². The van der Waals surface area contributed by atoms with Crippen LogP contribution in [-0.4, -0.2) is 57.3 Å². The normalized spacial score (nSPS) is 32.0. The summed E-state index contributed by atoms with van der Waals surface area (Å²) in [6.45, 7) is 10.2. The second-order valence-corrected chi connectivity index (χ2v) is 13.3. The lowest BCUT2D eigenvalue weighted by molar-refractivity contribution is -0.167. The van der Waals surface area contributed by atoms with Crippen molar-refractivity contribution in [3.63, 3.8) is 0 Å². The number of aldehydes is 1. The van der Waals surface area contributed by atoms with Crippen molar-refractivity contribution in [1.29, 1.82) is 0 Å². The molecule has 0 spiro atoms. The fraction of sp³-hybridized carbons (Fsp3) is 0.719. The van der Waals surface area contributed by atoms with E-state index in [4.69, 9.17) is 20.2 Å². The molecule has 1 saturated carbocycles. The summed E-state index contributed by atoms with van der Waals surface area (Å²) in [6.07, 6.45) is 13.5. The van der Waals surface area contributed by atoms with E-state index in [1.165, 1.54) is 6.20 Å². The lowest BCUT2D eigenvalue weighted by atomic mass is 9.77. The van der Waals surface area contributed by atoms with Gasteiger partial charge in [0.25, 0.3) is 0 Å². The van der Waals surface area contributed by atoms with Gasteiger partial charge in [0.05, 0.1) is 36.8 Å². The largest absolute Gasteiger partial charge is 0.485 e. The maximum Gasteiger partial charge on any atom is 0.307 e. The zero-order chi connectivity index (χ0) is 29.8. The van der Waals surface area contributed by atoms with E-state index < -0.39 is 29.1 Å². The molecule has 2 bridgehead atoms. The minimum Gasteiger partial charge on any atom is -0.485 e. The van der Waals surface area contributed by atoms with Crippen LogP contribution in [0.15, 0.2) is 12.4 Å². The molecule has 4 rings (SSSR count). The van der Waals surface area contributed by atoms with E-state index >= 15 is 0 Å². The van der Waals surface area contributed by atoms with Crippen molar-refractivity contribution in [3.8, 4) is 5.75 Å². The first kappa shape index (κ1) is 31.0. The zero-order valence-electron chi connectivity index (χ0n) is 25.4. The van der Waals surface area contributed by atoms with Crippen LogP contribution >= 0.6 is 0 Å². The van der Waals surface area contributed by atoms with Crippen molar-refractivity contribution in [3.05, 3.63) is 23.9 Å². The second kappa shape index (κ2) is 12.9. The molecule has 1 aromatic rings. The number of carbonyl (C=O) groups is 3. The Bertz CT molecular complexity index is 1130. The minimum absolute atomic E-state index is 0.0108. The number of fused-ring (bicyclic) bond motifs is 4. The number of hydrogen-bond acceptors (Lipinski definition) is 8. The van der Waals surface area contributed by atoms with Crippen molar-refractivity contribution in [2.45, 2.75) is 117 Å². The number of ether oxygens (including phenoxy) is 2. The van der Waals surface area contributed by atoms with Crippen LogP contribution in [0.1, 0.15) is 104 Å². The summed E-state index contributed by atoms with van der Waals surface area (Å²) >= 11 is 0. The van der Waals surface area contributed by atoms with Gasteiger partial charge in [-0.05, 0) is 75.5 Å². The molecule has 1 amide bonds. The SMILES string of the molecule is CC[C@@H]1[C@@H]2CN(C(=O)[C@H](C(C)(C)C)CC(=O)O[C@]3(C)CCC[C@H]3CCCCCc3nc(C=CN)ncc3O2)[C@@H]1C=O. The van der Waals surface area contributed by atoms with Crippen LogP contribution in [0.2, 0.25) is 0 Å². The molecule has 2 aliphatic heterocycles. The second-order valence-electron chi connectivity index (χ2n) is 13.3. The number of carbonyl (C=O) groups excluding carboxylic acids is 3. The summed E-state index contributed by atoms with van der Waals surface area (Å²) in [5.41, 5.74) is 5.39. The molecule has 1 aliphatic carbocycles. The number of esters is 1. The number of aryl methyl sites for hydroxylation is 1. The van der Waals surface area contributed by atoms with Gasteiger partial charge in [-0.2, -0.15) is 0 Å². The molecular weight excluding hydrogens is 520 g/mol. The van der Waals surface area contributed by atoms with Gasteiger partial charge in [0.1, 0.15) is 18.0 Å². The molecule has 1 saturated heterocycles. The third-order valence-electron chi connectivity index (χ3n) is 9.54. The predicted molar refractivity (Wildman–Crippen MR) is 157 cm³/mol. The van der Waals surface area contributed by atoms with Crippen molar-refractivity contribution in [2.24, 2.45) is 28.9 Å². The molecule has 2 N–H and O–H groups in total. The van der Waals surface area contributed by atoms with Crippen molar-refractivity contribution >= 4 is 24.2 Å². The average molecular weight is 569 g/mol. The maximum atomic E-state index is 14.1. The van der Waals surface area contributed by atoms with E-state index in [0.717, 1.165) is 63.3 Å². The Balaban J connectivity index is 1.71. The van der Waals surface area contributed by atoms with Gasteiger partial charge in [0.15, 0.2) is 11.6 Å². The first-order chi connectivity index (χ1) is 19.5. The van der Waals surface area contributed by atoms with Crippen LogP contribution < -0.4 is 10.5 Å². The summed E-state index contributed by atoms with van der Waals surface area (Å²) in [7, 11) is 0. The van der Waals surface area contributed by atoms with Crippen LogP contribution in [0.25, 0.3) is 6.08 Å². The summed E-state index contributed by atoms with van der Waals surface area (Å²) in [6, 6.07) is -0.638. The first-order valence-corrected chi connectivity index (χ1v) is 15.4. The van der Waals surface area contributed by atoms with Crippen molar-refractivity contribution in [2.75, 3.05) is 6.54 Å². The Morgan fingerprint density at radius 1 is 1.17 bits per heavy atom. The smallest absolute Gasteiger partial charge is 0.307 e. The molecular formula is C32H48N4O5. The van der Waals surface area contributed by atoms with Gasteiger partial charge in [0, 0.05) is 5.92 Å². The Kier molecular flexibility index (Phi) is 9.75. The highest BCUT2D eigenvalue weighted by molar-refractivity contribution is 5.87. The van der Waals surface area contributed by atoms with Gasteiger partial charge in [-0.25, -0.2) is 9.97 Å². The van der Waals surface area contributed by atoms with E-state index in [0.29, 0.717) is 23.9 Å². The molecule has 226 valence electrons. The Labute approximate surface area is 244 Å². The number of hydrogen-bond donors (Lipinski definition) is 1. The van der Waals surface area contributed by atoms with Gasteiger partial charge in [-0.15, -0.1) is 0 Å².